The summed E-state index contributed by atoms with van der Waals surface area (Å²) >= 11 is 0. The minimum absolute atomic E-state index is 0.235. The Morgan fingerprint density at radius 2 is 1.19 bits per heavy atom. The summed E-state index contributed by atoms with van der Waals surface area (Å²) in [5, 5.41) is 3.19. The number of carbonyl (C=O) groups excluding carboxylic acids is 4. The van der Waals surface area contributed by atoms with E-state index in [1.807, 2.05) is 59.3 Å². The second-order valence-electron chi connectivity index (χ2n) is 13.1. The number of carbonyl (C=O) groups is 4. The number of likely N-dealkylation sites (N-methyl/N-ethyl adjacent to an activating group) is 2. The number of aromatic nitrogens is 2. The van der Waals surface area contributed by atoms with Gasteiger partial charge in [0.15, 0.2) is 0 Å². The Balaban J connectivity index is 0.891. The zero-order valence-corrected chi connectivity index (χ0v) is 27.0. The molecule has 0 spiro atoms. The highest BCUT2D eigenvalue weighted by atomic mass is 16.2. The lowest BCUT2D eigenvalue weighted by molar-refractivity contribution is 0.0579. The van der Waals surface area contributed by atoms with Gasteiger partial charge in [0.1, 0.15) is 0 Å². The van der Waals surface area contributed by atoms with Crippen molar-refractivity contribution in [1.29, 1.82) is 0 Å². The van der Waals surface area contributed by atoms with E-state index in [2.05, 4.69) is 28.9 Å². The van der Waals surface area contributed by atoms with Crippen LogP contribution in [-0.4, -0.2) is 105 Å². The Kier molecular flexibility index (Phi) is 7.42. The summed E-state index contributed by atoms with van der Waals surface area (Å²) in [5.74, 6) is -1.000. The SMILES string of the molecule is CN(CCN1C(=O)c2cccc3cccc(c23)C1=O)C1CCC(N(C)CCN2C(=O)c3cccc4c(-n5ccnc5)ccc(c34)C2=O)C1. The number of hydrogen-bond acceptors (Lipinski definition) is 7. The molecular formula is C38H36N6O4. The number of imide groups is 2. The van der Waals surface area contributed by atoms with Crippen LogP contribution in [0.15, 0.2) is 85.5 Å². The topological polar surface area (TPSA) is 99.1 Å². The van der Waals surface area contributed by atoms with Gasteiger partial charge in [-0.15, -0.1) is 0 Å². The first kappa shape index (κ1) is 30.2. The van der Waals surface area contributed by atoms with E-state index in [0.717, 1.165) is 41.1 Å². The van der Waals surface area contributed by atoms with Gasteiger partial charge in [-0.05, 0) is 69.1 Å². The highest BCUT2D eigenvalue weighted by molar-refractivity contribution is 6.27. The van der Waals surface area contributed by atoms with Crippen molar-refractivity contribution in [2.24, 2.45) is 0 Å². The van der Waals surface area contributed by atoms with Gasteiger partial charge < -0.3 is 14.4 Å². The minimum atomic E-state index is -0.265. The van der Waals surface area contributed by atoms with Crippen molar-refractivity contribution < 1.29 is 19.2 Å². The Morgan fingerprint density at radius 3 is 1.73 bits per heavy atom. The van der Waals surface area contributed by atoms with Gasteiger partial charge in [-0.1, -0.05) is 36.4 Å². The molecule has 0 saturated heterocycles. The molecule has 0 N–H and O–H groups in total. The summed E-state index contributed by atoms with van der Waals surface area (Å²) in [7, 11) is 4.11. The lowest BCUT2D eigenvalue weighted by atomic mass is 9.93. The van der Waals surface area contributed by atoms with E-state index in [0.29, 0.717) is 65.9 Å². The van der Waals surface area contributed by atoms with Crippen LogP contribution in [0.2, 0.25) is 0 Å². The molecule has 242 valence electrons. The number of rotatable bonds is 9. The third kappa shape index (κ3) is 4.82. The van der Waals surface area contributed by atoms with Crippen molar-refractivity contribution in [2.75, 3.05) is 40.3 Å². The van der Waals surface area contributed by atoms with Crippen LogP contribution in [-0.2, 0) is 0 Å². The van der Waals surface area contributed by atoms with Gasteiger partial charge >= 0.3 is 0 Å². The normalized spacial score (nSPS) is 19.2. The van der Waals surface area contributed by atoms with Crippen LogP contribution in [0.1, 0.15) is 60.7 Å². The molecule has 4 amide bonds. The molecule has 5 aromatic rings. The quantitative estimate of drug-likeness (QED) is 0.212. The highest BCUT2D eigenvalue weighted by Crippen LogP contribution is 2.34. The molecule has 8 rings (SSSR count). The standard InChI is InChI=1S/C38H36N6O4/c1-40(18-20-43-35(45)28-9-3-6-24-7-4-10-29(33(24)28)36(43)46)25-12-13-26(22-25)41(2)19-21-44-37(47)30-11-5-8-27-32(42-17-16-39-23-42)15-14-31(34(27)30)38(44)48/h3-11,14-17,23,25-26H,12-13,18-22H2,1-2H3. The van der Waals surface area contributed by atoms with Crippen LogP contribution in [0.4, 0.5) is 0 Å². The maximum absolute atomic E-state index is 13.7. The average Bonchev–Trinajstić information content (AvgIpc) is 3.83. The highest BCUT2D eigenvalue weighted by Gasteiger charge is 2.36. The Labute approximate surface area is 278 Å². The van der Waals surface area contributed by atoms with Crippen molar-refractivity contribution in [3.05, 3.63) is 108 Å². The number of hydrogen-bond donors (Lipinski definition) is 0. The van der Waals surface area contributed by atoms with Gasteiger partial charge in [0.25, 0.3) is 23.6 Å². The number of amides is 4. The summed E-state index contributed by atoms with van der Waals surface area (Å²) in [6.45, 7) is 1.78. The van der Waals surface area contributed by atoms with Gasteiger partial charge in [0, 0.05) is 89.1 Å². The van der Waals surface area contributed by atoms with Crippen LogP contribution in [0.3, 0.4) is 0 Å². The molecule has 2 unspecified atom stereocenters. The fraction of sp³-hybridized carbons (Fsp3) is 0.289. The predicted molar refractivity (Wildman–Crippen MR) is 182 cm³/mol. The molecule has 1 saturated carbocycles. The van der Waals surface area contributed by atoms with Crippen molar-refractivity contribution in [1.82, 2.24) is 29.2 Å². The van der Waals surface area contributed by atoms with Crippen molar-refractivity contribution in [3.63, 3.8) is 0 Å². The number of imidazole rings is 1. The lowest BCUT2D eigenvalue weighted by Crippen LogP contribution is -2.46. The van der Waals surface area contributed by atoms with Crippen LogP contribution < -0.4 is 0 Å². The molecule has 48 heavy (non-hydrogen) atoms. The Hall–Kier alpha value is -5.19. The van der Waals surface area contributed by atoms with Gasteiger partial charge in [0.2, 0.25) is 0 Å². The molecular weight excluding hydrogens is 604 g/mol. The van der Waals surface area contributed by atoms with E-state index < -0.39 is 0 Å². The minimum Gasteiger partial charge on any atom is -0.306 e. The first-order valence-corrected chi connectivity index (χ1v) is 16.5. The summed E-state index contributed by atoms with van der Waals surface area (Å²) < 4.78 is 1.89. The van der Waals surface area contributed by atoms with Crippen LogP contribution in [0, 0.1) is 0 Å². The summed E-state index contributed by atoms with van der Waals surface area (Å²) in [6, 6.07) is 21.1. The second kappa shape index (κ2) is 11.8. The largest absolute Gasteiger partial charge is 0.306 e. The first-order valence-electron chi connectivity index (χ1n) is 16.5. The monoisotopic (exact) mass is 640 g/mol. The first-order chi connectivity index (χ1) is 23.3. The average molecular weight is 641 g/mol. The molecule has 10 heteroatoms. The molecule has 2 atom stereocenters. The molecule has 2 aliphatic heterocycles. The second-order valence-corrected chi connectivity index (χ2v) is 13.1. The van der Waals surface area contributed by atoms with Crippen molar-refractivity contribution >= 4 is 45.2 Å². The fourth-order valence-electron chi connectivity index (χ4n) is 7.86. The lowest BCUT2D eigenvalue weighted by Gasteiger charge is -2.32. The third-order valence-electron chi connectivity index (χ3n) is 10.6. The van der Waals surface area contributed by atoms with E-state index in [1.54, 1.807) is 30.7 Å². The zero-order valence-electron chi connectivity index (χ0n) is 27.0. The van der Waals surface area contributed by atoms with E-state index >= 15 is 0 Å². The molecule has 3 aliphatic rings. The summed E-state index contributed by atoms with van der Waals surface area (Å²) in [6.07, 6.45) is 8.17. The molecule has 0 bridgehead atoms. The molecule has 10 nitrogen and oxygen atoms in total. The summed E-state index contributed by atoms with van der Waals surface area (Å²) in [4.78, 5) is 65.4. The van der Waals surface area contributed by atoms with Gasteiger partial charge in [0.05, 0.1) is 12.0 Å². The van der Waals surface area contributed by atoms with E-state index in [4.69, 9.17) is 0 Å². The van der Waals surface area contributed by atoms with Gasteiger partial charge in [-0.3, -0.25) is 29.0 Å². The molecule has 1 fully saturated rings. The number of benzene rings is 4. The van der Waals surface area contributed by atoms with Crippen molar-refractivity contribution in [2.45, 2.75) is 31.3 Å². The fourth-order valence-corrected chi connectivity index (χ4v) is 7.86. The predicted octanol–water partition coefficient (Wildman–Crippen LogP) is 4.86. The summed E-state index contributed by atoms with van der Waals surface area (Å²) in [5.41, 5.74) is 3.12. The zero-order chi connectivity index (χ0) is 33.1. The van der Waals surface area contributed by atoms with E-state index in [-0.39, 0.29) is 23.6 Å². The third-order valence-corrected chi connectivity index (χ3v) is 10.6. The number of nitrogens with zero attached hydrogens (tertiary/aromatic N) is 6. The molecule has 0 radical (unpaired) electrons. The maximum Gasteiger partial charge on any atom is 0.261 e. The van der Waals surface area contributed by atoms with Crippen molar-refractivity contribution in [3.8, 4) is 5.69 Å². The van der Waals surface area contributed by atoms with E-state index in [9.17, 15) is 19.2 Å². The van der Waals surface area contributed by atoms with E-state index in [1.165, 1.54) is 9.80 Å². The Bertz CT molecular complexity index is 2050. The van der Waals surface area contributed by atoms with Crippen LogP contribution >= 0.6 is 0 Å². The molecule has 1 aliphatic carbocycles. The molecule has 1 aromatic heterocycles. The Morgan fingerprint density at radius 1 is 0.667 bits per heavy atom. The smallest absolute Gasteiger partial charge is 0.261 e. The van der Waals surface area contributed by atoms with Crippen LogP contribution in [0.5, 0.6) is 0 Å². The van der Waals surface area contributed by atoms with Crippen LogP contribution in [0.25, 0.3) is 27.2 Å². The van der Waals surface area contributed by atoms with Gasteiger partial charge in [-0.25, -0.2) is 4.98 Å². The van der Waals surface area contributed by atoms with Gasteiger partial charge in [-0.2, -0.15) is 0 Å². The molecule has 3 heterocycles. The molecule has 4 aromatic carbocycles. The maximum atomic E-state index is 13.7.